The molecule has 25 heavy (non-hydrogen) atoms. The van der Waals surface area contributed by atoms with Crippen LogP contribution >= 0.6 is 0 Å². The minimum Gasteiger partial charge on any atom is -0.497 e. The van der Waals surface area contributed by atoms with E-state index in [1.807, 2.05) is 0 Å². The molecule has 3 rings (SSSR count). The first kappa shape index (κ1) is 16.8. The van der Waals surface area contributed by atoms with Crippen molar-refractivity contribution >= 4 is 16.9 Å². The van der Waals surface area contributed by atoms with Crippen LogP contribution < -0.4 is 4.74 Å². The Morgan fingerprint density at radius 3 is 2.32 bits per heavy atom. The molecule has 0 aliphatic rings. The molecule has 0 saturated heterocycles. The molecule has 0 aliphatic heterocycles. The Labute approximate surface area is 140 Å². The van der Waals surface area contributed by atoms with Crippen molar-refractivity contribution in [1.29, 1.82) is 0 Å². The Bertz CT molecular complexity index is 950. The molecule has 0 radical (unpaired) electrons. The van der Waals surface area contributed by atoms with E-state index in [2.05, 4.69) is 4.98 Å². The maximum absolute atomic E-state index is 12.7. The Morgan fingerprint density at radius 2 is 1.76 bits per heavy atom. The quantitative estimate of drug-likeness (QED) is 0.751. The first-order valence-corrected chi connectivity index (χ1v) is 7.19. The van der Waals surface area contributed by atoms with Crippen LogP contribution in [0, 0.1) is 0 Å². The summed E-state index contributed by atoms with van der Waals surface area (Å²) in [5, 5.41) is 9.84. The molecule has 4 nitrogen and oxygen atoms in total. The molecule has 0 bridgehead atoms. The minimum absolute atomic E-state index is 0.00111. The number of halogens is 3. The Morgan fingerprint density at radius 1 is 1.08 bits per heavy atom. The van der Waals surface area contributed by atoms with E-state index in [-0.39, 0.29) is 11.3 Å². The first-order valence-electron chi connectivity index (χ1n) is 7.19. The van der Waals surface area contributed by atoms with Gasteiger partial charge in [-0.25, -0.2) is 9.78 Å². The summed E-state index contributed by atoms with van der Waals surface area (Å²) in [6.45, 7) is 0. The van der Waals surface area contributed by atoms with Gasteiger partial charge in [-0.15, -0.1) is 0 Å². The van der Waals surface area contributed by atoms with Gasteiger partial charge in [-0.3, -0.25) is 0 Å². The van der Waals surface area contributed by atoms with Crippen molar-refractivity contribution in [3.8, 4) is 17.0 Å². The maximum atomic E-state index is 12.7. The smallest absolute Gasteiger partial charge is 0.416 e. The SMILES string of the molecule is COc1ccc2nc(-c3ccc(C(F)(F)F)cc3)cc(C(=O)O)c2c1. The molecule has 2 aromatic carbocycles. The van der Waals surface area contributed by atoms with Crippen molar-refractivity contribution in [1.82, 2.24) is 4.98 Å². The van der Waals surface area contributed by atoms with Gasteiger partial charge in [0.1, 0.15) is 5.75 Å². The first-order chi connectivity index (χ1) is 11.8. The average molecular weight is 347 g/mol. The van der Waals surface area contributed by atoms with Crippen LogP contribution in [-0.4, -0.2) is 23.2 Å². The zero-order chi connectivity index (χ0) is 18.2. The van der Waals surface area contributed by atoms with Crippen molar-refractivity contribution in [2.24, 2.45) is 0 Å². The van der Waals surface area contributed by atoms with Crippen molar-refractivity contribution in [2.45, 2.75) is 6.18 Å². The average Bonchev–Trinajstić information content (AvgIpc) is 2.59. The van der Waals surface area contributed by atoms with E-state index in [4.69, 9.17) is 4.74 Å². The van der Waals surface area contributed by atoms with Gasteiger partial charge in [0.05, 0.1) is 29.4 Å². The summed E-state index contributed by atoms with van der Waals surface area (Å²) in [5.74, 6) is -0.673. The molecule has 0 aliphatic carbocycles. The molecule has 1 N–H and O–H groups in total. The van der Waals surface area contributed by atoms with Gasteiger partial charge in [0, 0.05) is 10.9 Å². The molecule has 1 heterocycles. The Kier molecular flexibility index (Phi) is 4.08. The van der Waals surface area contributed by atoms with Crippen LogP contribution in [0.4, 0.5) is 13.2 Å². The normalized spacial score (nSPS) is 11.5. The molecule has 0 unspecified atom stereocenters. The highest BCUT2D eigenvalue weighted by atomic mass is 19.4. The van der Waals surface area contributed by atoms with Crippen LogP contribution in [0.1, 0.15) is 15.9 Å². The molecule has 0 fully saturated rings. The maximum Gasteiger partial charge on any atom is 0.416 e. The summed E-state index contributed by atoms with van der Waals surface area (Å²) in [4.78, 5) is 15.9. The zero-order valence-corrected chi connectivity index (χ0v) is 13.0. The van der Waals surface area contributed by atoms with E-state index in [1.165, 1.54) is 25.3 Å². The second-order valence-corrected chi connectivity index (χ2v) is 5.32. The third-order valence-electron chi connectivity index (χ3n) is 3.75. The lowest BCUT2D eigenvalue weighted by atomic mass is 10.0. The van der Waals surface area contributed by atoms with E-state index in [0.717, 1.165) is 12.1 Å². The van der Waals surface area contributed by atoms with Crippen molar-refractivity contribution in [3.05, 3.63) is 59.7 Å². The van der Waals surface area contributed by atoms with Gasteiger partial charge >= 0.3 is 12.1 Å². The molecule has 0 amide bonds. The Balaban J connectivity index is 2.15. The summed E-state index contributed by atoms with van der Waals surface area (Å²) in [6, 6.07) is 10.6. The van der Waals surface area contributed by atoms with Gasteiger partial charge in [0.25, 0.3) is 0 Å². The number of fused-ring (bicyclic) bond motifs is 1. The molecule has 3 aromatic rings. The molecule has 0 spiro atoms. The predicted molar refractivity (Wildman–Crippen MR) is 85.7 cm³/mol. The molecular formula is C18H12F3NO3. The zero-order valence-electron chi connectivity index (χ0n) is 13.0. The largest absolute Gasteiger partial charge is 0.497 e. The number of rotatable bonds is 3. The highest BCUT2D eigenvalue weighted by molar-refractivity contribution is 6.04. The van der Waals surface area contributed by atoms with Crippen LogP contribution in [0.3, 0.4) is 0 Å². The summed E-state index contributed by atoms with van der Waals surface area (Å²) in [5.41, 5.74) is 0.312. The molecule has 0 saturated carbocycles. The lowest BCUT2D eigenvalue weighted by Gasteiger charge is -2.10. The lowest BCUT2D eigenvalue weighted by molar-refractivity contribution is -0.137. The van der Waals surface area contributed by atoms with Gasteiger partial charge in [0.15, 0.2) is 0 Å². The van der Waals surface area contributed by atoms with Gasteiger partial charge in [-0.2, -0.15) is 13.2 Å². The standard InChI is InChI=1S/C18H12F3NO3/c1-25-12-6-7-15-13(8-12)14(17(23)24)9-16(22-15)10-2-4-11(5-3-10)18(19,20)21/h2-9H,1H3,(H,23,24). The number of aromatic carboxylic acids is 1. The van der Waals surface area contributed by atoms with E-state index in [0.29, 0.717) is 22.2 Å². The summed E-state index contributed by atoms with van der Waals surface area (Å²) in [7, 11) is 1.46. The van der Waals surface area contributed by atoms with Gasteiger partial charge in [-0.1, -0.05) is 12.1 Å². The number of carboxylic acid groups (broad SMARTS) is 1. The summed E-state index contributed by atoms with van der Waals surface area (Å²) < 4.78 is 43.1. The summed E-state index contributed by atoms with van der Waals surface area (Å²) in [6.07, 6.45) is -4.43. The van der Waals surface area contributed by atoms with E-state index >= 15 is 0 Å². The topological polar surface area (TPSA) is 59.4 Å². The third kappa shape index (κ3) is 3.26. The Hall–Kier alpha value is -3.09. The fourth-order valence-electron chi connectivity index (χ4n) is 2.49. The molecule has 7 heteroatoms. The number of alkyl halides is 3. The highest BCUT2D eigenvalue weighted by Gasteiger charge is 2.30. The van der Waals surface area contributed by atoms with Gasteiger partial charge in [0.2, 0.25) is 0 Å². The minimum atomic E-state index is -4.43. The number of methoxy groups -OCH3 is 1. The fourth-order valence-corrected chi connectivity index (χ4v) is 2.49. The third-order valence-corrected chi connectivity index (χ3v) is 3.75. The van der Waals surface area contributed by atoms with Crippen LogP contribution in [-0.2, 0) is 6.18 Å². The number of carboxylic acids is 1. The molecule has 1 aromatic heterocycles. The fraction of sp³-hybridized carbons (Fsp3) is 0.111. The molecule has 128 valence electrons. The second kappa shape index (κ2) is 6.08. The number of benzene rings is 2. The monoisotopic (exact) mass is 347 g/mol. The van der Waals surface area contributed by atoms with E-state index < -0.39 is 17.7 Å². The number of ether oxygens (including phenoxy) is 1. The van der Waals surface area contributed by atoms with Gasteiger partial charge in [-0.05, 0) is 36.4 Å². The van der Waals surface area contributed by atoms with Gasteiger partial charge < -0.3 is 9.84 Å². The van der Waals surface area contributed by atoms with E-state index in [1.54, 1.807) is 18.2 Å². The number of pyridine rings is 1. The van der Waals surface area contributed by atoms with Crippen LogP contribution in [0.5, 0.6) is 5.75 Å². The number of carbonyl (C=O) groups is 1. The number of hydrogen-bond acceptors (Lipinski definition) is 3. The molecule has 0 atom stereocenters. The molecular weight excluding hydrogens is 335 g/mol. The lowest BCUT2D eigenvalue weighted by Crippen LogP contribution is -2.04. The predicted octanol–water partition coefficient (Wildman–Crippen LogP) is 4.63. The number of hydrogen-bond donors (Lipinski definition) is 1. The van der Waals surface area contributed by atoms with Crippen LogP contribution in [0.25, 0.3) is 22.2 Å². The number of nitrogens with zero attached hydrogens (tertiary/aromatic N) is 1. The van der Waals surface area contributed by atoms with Crippen LogP contribution in [0.15, 0.2) is 48.5 Å². The van der Waals surface area contributed by atoms with E-state index in [9.17, 15) is 23.1 Å². The number of aromatic nitrogens is 1. The van der Waals surface area contributed by atoms with Crippen molar-refractivity contribution in [3.63, 3.8) is 0 Å². The second-order valence-electron chi connectivity index (χ2n) is 5.32. The van der Waals surface area contributed by atoms with Crippen molar-refractivity contribution < 1.29 is 27.8 Å². The highest BCUT2D eigenvalue weighted by Crippen LogP contribution is 2.32. The summed E-state index contributed by atoms with van der Waals surface area (Å²) >= 11 is 0. The van der Waals surface area contributed by atoms with Crippen molar-refractivity contribution in [2.75, 3.05) is 7.11 Å². The van der Waals surface area contributed by atoms with Crippen LogP contribution in [0.2, 0.25) is 0 Å².